The molecule has 0 saturated heterocycles. The topological polar surface area (TPSA) is 66.8 Å². The molecule has 1 saturated carbocycles. The highest BCUT2D eigenvalue weighted by atomic mass is 16.5. The van der Waals surface area contributed by atoms with Gasteiger partial charge < -0.3 is 14.9 Å². The molecule has 0 bridgehead atoms. The molecule has 0 spiro atoms. The third kappa shape index (κ3) is 12.2. The van der Waals surface area contributed by atoms with E-state index >= 15 is 0 Å². The van der Waals surface area contributed by atoms with Gasteiger partial charge in [0.05, 0.1) is 19.3 Å². The van der Waals surface area contributed by atoms with Crippen molar-refractivity contribution in [3.05, 3.63) is 24.3 Å². The van der Waals surface area contributed by atoms with Gasteiger partial charge >= 0.3 is 5.97 Å². The molecule has 0 aromatic rings. The molecule has 2 N–H and O–H groups in total. The summed E-state index contributed by atoms with van der Waals surface area (Å²) in [5, 5.41) is 20.7. The van der Waals surface area contributed by atoms with E-state index in [0.717, 1.165) is 32.1 Å². The molecule has 0 radical (unpaired) electrons. The zero-order chi connectivity index (χ0) is 21.3. The first-order valence-electron chi connectivity index (χ1n) is 11.9. The zero-order valence-electron chi connectivity index (χ0n) is 18.7. The van der Waals surface area contributed by atoms with Crippen LogP contribution in [0.15, 0.2) is 24.3 Å². The summed E-state index contributed by atoms with van der Waals surface area (Å²) in [6.45, 7) is 2.23. The Kier molecular flexibility index (Phi) is 14.9. The number of unbranched alkanes of at least 4 members (excludes halogenated alkanes) is 5. The number of aliphatic hydroxyl groups is 2. The van der Waals surface area contributed by atoms with Crippen LogP contribution >= 0.6 is 0 Å². The molecule has 1 aliphatic carbocycles. The number of esters is 1. The van der Waals surface area contributed by atoms with Crippen LogP contribution in [0.2, 0.25) is 0 Å². The summed E-state index contributed by atoms with van der Waals surface area (Å²) < 4.78 is 4.67. The molecule has 0 aromatic heterocycles. The van der Waals surface area contributed by atoms with Crippen LogP contribution in [0.3, 0.4) is 0 Å². The number of carbonyl (C=O) groups is 1. The molecule has 168 valence electrons. The Morgan fingerprint density at radius 3 is 2.48 bits per heavy atom. The standard InChI is InChI=1S/C25H44O4/c1-3-4-5-6-7-8-16-22(26)17-11-9-14-21-15-10-12-18-23(21)24(27)19-13-20-25(28)29-2/h9,11,14,17,21-24,26-27H,3-8,10,12-13,15-16,18-20H2,1-2H3/b14-9+,17-11+/t21-,22?,23+,24?/m0/s1. The highest BCUT2D eigenvalue weighted by molar-refractivity contribution is 5.68. The number of hydrogen-bond donors (Lipinski definition) is 2. The summed E-state index contributed by atoms with van der Waals surface area (Å²) >= 11 is 0. The van der Waals surface area contributed by atoms with Crippen LogP contribution in [0.25, 0.3) is 0 Å². The smallest absolute Gasteiger partial charge is 0.305 e. The van der Waals surface area contributed by atoms with E-state index in [9.17, 15) is 15.0 Å². The Balaban J connectivity index is 2.33. The van der Waals surface area contributed by atoms with Gasteiger partial charge in [0.1, 0.15) is 0 Å². The van der Waals surface area contributed by atoms with E-state index in [4.69, 9.17) is 0 Å². The maximum absolute atomic E-state index is 11.2. The zero-order valence-corrected chi connectivity index (χ0v) is 18.7. The normalized spacial score (nSPS) is 22.2. The van der Waals surface area contributed by atoms with E-state index in [1.54, 1.807) is 0 Å². The molecule has 1 fully saturated rings. The van der Waals surface area contributed by atoms with Crippen molar-refractivity contribution in [3.8, 4) is 0 Å². The van der Waals surface area contributed by atoms with Crippen molar-refractivity contribution in [2.75, 3.05) is 7.11 Å². The van der Waals surface area contributed by atoms with Crippen molar-refractivity contribution in [3.63, 3.8) is 0 Å². The molecule has 2 unspecified atom stereocenters. The predicted molar refractivity (Wildman–Crippen MR) is 120 cm³/mol. The lowest BCUT2D eigenvalue weighted by Crippen LogP contribution is -2.30. The molecule has 4 heteroatoms. The number of allylic oxidation sites excluding steroid dienone is 3. The van der Waals surface area contributed by atoms with Gasteiger partial charge in [-0.25, -0.2) is 0 Å². The summed E-state index contributed by atoms with van der Waals surface area (Å²) in [5.41, 5.74) is 0. The molecule has 0 heterocycles. The Morgan fingerprint density at radius 2 is 1.72 bits per heavy atom. The summed E-state index contributed by atoms with van der Waals surface area (Å²) in [7, 11) is 1.40. The number of ether oxygens (including phenoxy) is 1. The number of hydrogen-bond acceptors (Lipinski definition) is 4. The van der Waals surface area contributed by atoms with Crippen molar-refractivity contribution in [1.29, 1.82) is 0 Å². The second kappa shape index (κ2) is 16.6. The first kappa shape index (κ1) is 25.9. The lowest BCUT2D eigenvalue weighted by molar-refractivity contribution is -0.140. The molecule has 4 atom stereocenters. The van der Waals surface area contributed by atoms with Crippen LogP contribution in [0, 0.1) is 11.8 Å². The first-order chi connectivity index (χ1) is 14.1. The van der Waals surface area contributed by atoms with Crippen molar-refractivity contribution in [2.45, 2.75) is 109 Å². The average Bonchev–Trinajstić information content (AvgIpc) is 2.73. The first-order valence-corrected chi connectivity index (χ1v) is 11.9. The van der Waals surface area contributed by atoms with Crippen LogP contribution < -0.4 is 0 Å². The minimum Gasteiger partial charge on any atom is -0.469 e. The Morgan fingerprint density at radius 1 is 1.00 bits per heavy atom. The quantitative estimate of drug-likeness (QED) is 0.207. The highest BCUT2D eigenvalue weighted by Gasteiger charge is 2.28. The third-order valence-electron chi connectivity index (χ3n) is 6.13. The fraction of sp³-hybridized carbons (Fsp3) is 0.800. The third-order valence-corrected chi connectivity index (χ3v) is 6.13. The summed E-state index contributed by atoms with van der Waals surface area (Å²) in [5.74, 6) is 0.429. The molecule has 1 rings (SSSR count). The van der Waals surface area contributed by atoms with Gasteiger partial charge in [-0.2, -0.15) is 0 Å². The van der Waals surface area contributed by atoms with Gasteiger partial charge in [-0.1, -0.05) is 82.6 Å². The molecule has 0 amide bonds. The molecule has 4 nitrogen and oxygen atoms in total. The van der Waals surface area contributed by atoms with Crippen LogP contribution in [0.5, 0.6) is 0 Å². The molecule has 29 heavy (non-hydrogen) atoms. The monoisotopic (exact) mass is 408 g/mol. The van der Waals surface area contributed by atoms with Crippen molar-refractivity contribution in [2.24, 2.45) is 11.8 Å². The van der Waals surface area contributed by atoms with E-state index in [2.05, 4.69) is 17.7 Å². The van der Waals surface area contributed by atoms with E-state index in [0.29, 0.717) is 25.2 Å². The summed E-state index contributed by atoms with van der Waals surface area (Å²) in [6.07, 6.45) is 21.8. The lowest BCUT2D eigenvalue weighted by Gasteiger charge is -2.33. The second-order valence-electron chi connectivity index (χ2n) is 8.54. The molecule has 0 aromatic carbocycles. The molecular weight excluding hydrogens is 364 g/mol. The number of rotatable bonds is 15. The highest BCUT2D eigenvalue weighted by Crippen LogP contribution is 2.35. The van der Waals surface area contributed by atoms with Gasteiger partial charge in [0.25, 0.3) is 0 Å². The van der Waals surface area contributed by atoms with E-state index < -0.39 is 0 Å². The van der Waals surface area contributed by atoms with Gasteiger partial charge in [0.2, 0.25) is 0 Å². The van der Waals surface area contributed by atoms with Crippen LogP contribution in [0.4, 0.5) is 0 Å². The minimum absolute atomic E-state index is 0.207. The van der Waals surface area contributed by atoms with Crippen LogP contribution in [0.1, 0.15) is 96.8 Å². The van der Waals surface area contributed by atoms with Gasteiger partial charge in [0.15, 0.2) is 0 Å². The number of carbonyl (C=O) groups excluding carboxylic acids is 1. The predicted octanol–water partition coefficient (Wildman–Crippen LogP) is 5.72. The Hall–Kier alpha value is -1.13. The fourth-order valence-electron chi connectivity index (χ4n) is 4.31. The molecular formula is C25H44O4. The van der Waals surface area contributed by atoms with E-state index in [1.165, 1.54) is 45.6 Å². The number of methoxy groups -OCH3 is 1. The maximum atomic E-state index is 11.2. The van der Waals surface area contributed by atoms with Crippen molar-refractivity contribution >= 4 is 5.97 Å². The van der Waals surface area contributed by atoms with Gasteiger partial charge in [-0.15, -0.1) is 0 Å². The number of aliphatic hydroxyl groups excluding tert-OH is 2. The van der Waals surface area contributed by atoms with E-state index in [-0.39, 0.29) is 24.1 Å². The average molecular weight is 409 g/mol. The second-order valence-corrected chi connectivity index (χ2v) is 8.54. The Bertz CT molecular complexity index is 471. The van der Waals surface area contributed by atoms with E-state index in [1.807, 2.05) is 18.2 Å². The lowest BCUT2D eigenvalue weighted by atomic mass is 9.75. The molecule has 0 aliphatic heterocycles. The SMILES string of the molecule is CCCCCCCCC(O)/C=C/C=C/[C@H]1CCCC[C@H]1C(O)CCCC(=O)OC. The van der Waals surface area contributed by atoms with Crippen LogP contribution in [-0.2, 0) is 9.53 Å². The van der Waals surface area contributed by atoms with Crippen LogP contribution in [-0.4, -0.2) is 35.5 Å². The summed E-state index contributed by atoms with van der Waals surface area (Å²) in [4.78, 5) is 11.2. The van der Waals surface area contributed by atoms with Gasteiger partial charge in [0, 0.05) is 6.42 Å². The van der Waals surface area contributed by atoms with Crippen molar-refractivity contribution in [1.82, 2.24) is 0 Å². The minimum atomic E-state index is -0.364. The largest absolute Gasteiger partial charge is 0.469 e. The summed E-state index contributed by atoms with van der Waals surface area (Å²) in [6, 6.07) is 0. The fourth-order valence-corrected chi connectivity index (χ4v) is 4.31. The van der Waals surface area contributed by atoms with Crippen molar-refractivity contribution < 1.29 is 19.7 Å². The maximum Gasteiger partial charge on any atom is 0.305 e. The van der Waals surface area contributed by atoms with Gasteiger partial charge in [-0.3, -0.25) is 4.79 Å². The molecule has 1 aliphatic rings. The van der Waals surface area contributed by atoms with Gasteiger partial charge in [-0.05, 0) is 43.9 Å². The Labute approximate surface area is 178 Å².